The first-order chi connectivity index (χ1) is 17.6. The predicted octanol–water partition coefficient (Wildman–Crippen LogP) is 3.80. The smallest absolute Gasteiger partial charge is 0.143 e. The molecule has 7 nitrogen and oxygen atoms in total. The molecule has 3 aromatic carbocycles. The van der Waals surface area contributed by atoms with E-state index < -0.39 is 23.9 Å². The molecule has 1 heterocycles. The maximum absolute atomic E-state index is 10.9. The van der Waals surface area contributed by atoms with E-state index in [1.807, 2.05) is 78.9 Å². The first-order valence-corrected chi connectivity index (χ1v) is 12.0. The molecular formula is C29H34O7. The molecule has 192 valence electrons. The van der Waals surface area contributed by atoms with E-state index in [1.165, 1.54) is 0 Å². The summed E-state index contributed by atoms with van der Waals surface area (Å²) in [5.74, 6) is 1.50. The zero-order valence-corrected chi connectivity index (χ0v) is 21.0. The summed E-state index contributed by atoms with van der Waals surface area (Å²) in [5.41, 5.74) is 1.80. The number of aliphatic hydroxyl groups excluding tert-OH is 1. The lowest BCUT2D eigenvalue weighted by molar-refractivity contribution is -0.0770. The third-order valence-electron chi connectivity index (χ3n) is 6.49. The number of methoxy groups -OCH3 is 3. The second kappa shape index (κ2) is 12.3. The van der Waals surface area contributed by atoms with Crippen LogP contribution >= 0.6 is 0 Å². The average molecular weight is 495 g/mol. The number of aliphatic hydroxyl groups is 1. The first kappa shape index (κ1) is 26.1. The number of benzene rings is 3. The molecule has 0 bridgehead atoms. The van der Waals surface area contributed by atoms with Gasteiger partial charge < -0.3 is 33.5 Å². The molecule has 7 heteroatoms. The normalized spacial score (nSPS) is 19.8. The van der Waals surface area contributed by atoms with Crippen LogP contribution in [0.25, 0.3) is 0 Å². The highest BCUT2D eigenvalue weighted by Gasteiger charge is 2.42. The van der Waals surface area contributed by atoms with E-state index in [-0.39, 0.29) is 6.61 Å². The second-order valence-electron chi connectivity index (χ2n) is 8.58. The molecule has 1 aliphatic heterocycles. The van der Waals surface area contributed by atoms with Crippen molar-refractivity contribution < 1.29 is 33.5 Å². The Bertz CT molecular complexity index is 1010. The van der Waals surface area contributed by atoms with Crippen molar-refractivity contribution in [1.82, 2.24) is 0 Å². The Morgan fingerprint density at radius 3 is 1.86 bits per heavy atom. The summed E-state index contributed by atoms with van der Waals surface area (Å²) < 4.78 is 34.3. The van der Waals surface area contributed by atoms with E-state index in [0.717, 1.165) is 28.2 Å². The van der Waals surface area contributed by atoms with Crippen LogP contribution in [0.3, 0.4) is 0 Å². The molecule has 0 amide bonds. The minimum atomic E-state index is -0.974. The minimum Gasteiger partial charge on any atom is -0.497 e. The third kappa shape index (κ3) is 5.56. The zero-order valence-electron chi connectivity index (χ0n) is 21.0. The van der Waals surface area contributed by atoms with Crippen molar-refractivity contribution in [2.45, 2.75) is 23.9 Å². The van der Waals surface area contributed by atoms with Crippen LogP contribution in [0, 0.1) is 0 Å². The second-order valence-corrected chi connectivity index (χ2v) is 8.58. The van der Waals surface area contributed by atoms with Crippen molar-refractivity contribution in [1.29, 1.82) is 0 Å². The van der Waals surface area contributed by atoms with Crippen LogP contribution in [0.4, 0.5) is 0 Å². The lowest BCUT2D eigenvalue weighted by Crippen LogP contribution is -2.40. The zero-order chi connectivity index (χ0) is 25.4. The first-order valence-electron chi connectivity index (χ1n) is 12.0. The predicted molar refractivity (Wildman–Crippen MR) is 136 cm³/mol. The van der Waals surface area contributed by atoms with Gasteiger partial charge in [0.25, 0.3) is 0 Å². The Hall–Kier alpha value is -2.94. The number of hydrogen-bond acceptors (Lipinski definition) is 7. The summed E-state index contributed by atoms with van der Waals surface area (Å²) >= 11 is 0. The molecule has 3 aromatic rings. The molecule has 3 atom stereocenters. The van der Waals surface area contributed by atoms with Crippen LogP contribution in [-0.4, -0.2) is 71.2 Å². The molecule has 0 radical (unpaired) electrons. The van der Waals surface area contributed by atoms with Gasteiger partial charge in [-0.15, -0.1) is 0 Å². The Kier molecular flexibility index (Phi) is 8.96. The Morgan fingerprint density at radius 1 is 0.778 bits per heavy atom. The molecule has 0 unspecified atom stereocenters. The SMILES string of the molecule is COCCO[C@H]1CO[C@H](COC(c2ccccc2)(c2ccc(OC)cc2)c2ccc(OC)cc2)[C@H]1O. The summed E-state index contributed by atoms with van der Waals surface area (Å²) in [4.78, 5) is 0. The van der Waals surface area contributed by atoms with Crippen LogP contribution in [0.1, 0.15) is 16.7 Å². The molecule has 36 heavy (non-hydrogen) atoms. The van der Waals surface area contributed by atoms with E-state index in [4.69, 9.17) is 28.4 Å². The van der Waals surface area contributed by atoms with Gasteiger partial charge in [-0.3, -0.25) is 0 Å². The highest BCUT2D eigenvalue weighted by Crippen LogP contribution is 2.42. The van der Waals surface area contributed by atoms with Gasteiger partial charge in [-0.25, -0.2) is 0 Å². The van der Waals surface area contributed by atoms with Crippen molar-refractivity contribution in [3.8, 4) is 11.5 Å². The van der Waals surface area contributed by atoms with Gasteiger partial charge >= 0.3 is 0 Å². The lowest BCUT2D eigenvalue weighted by Gasteiger charge is -2.37. The van der Waals surface area contributed by atoms with Gasteiger partial charge in [-0.05, 0) is 41.0 Å². The molecule has 1 fully saturated rings. The largest absolute Gasteiger partial charge is 0.497 e. The van der Waals surface area contributed by atoms with E-state index in [0.29, 0.717) is 19.8 Å². The number of hydrogen-bond donors (Lipinski definition) is 1. The fourth-order valence-electron chi connectivity index (χ4n) is 4.51. The monoisotopic (exact) mass is 494 g/mol. The van der Waals surface area contributed by atoms with Crippen LogP contribution < -0.4 is 9.47 Å². The van der Waals surface area contributed by atoms with E-state index >= 15 is 0 Å². The molecule has 0 aromatic heterocycles. The highest BCUT2D eigenvalue weighted by atomic mass is 16.6. The Balaban J connectivity index is 1.71. The van der Waals surface area contributed by atoms with Crippen LogP contribution in [0.2, 0.25) is 0 Å². The quantitative estimate of drug-likeness (QED) is 0.303. The standard InChI is InChI=1S/C29H34O7/c1-31-17-18-34-26-19-35-27(28(26)30)20-36-29(21-7-5-4-6-8-21,22-9-13-24(32-2)14-10-22)23-11-15-25(33-3)16-12-23/h4-16,26-28,30H,17-20H2,1-3H3/t26-,27+,28-/m0/s1. The fraction of sp³-hybridized carbons (Fsp3) is 0.379. The molecule has 0 aliphatic carbocycles. The molecule has 1 saturated heterocycles. The summed E-state index contributed by atoms with van der Waals surface area (Å²) in [7, 11) is 4.90. The minimum absolute atomic E-state index is 0.151. The topological polar surface area (TPSA) is 75.6 Å². The molecule has 0 spiro atoms. The van der Waals surface area contributed by atoms with Gasteiger partial charge in [0.15, 0.2) is 0 Å². The fourth-order valence-corrected chi connectivity index (χ4v) is 4.51. The summed E-state index contributed by atoms with van der Waals surface area (Å²) in [6, 6.07) is 25.7. The van der Waals surface area contributed by atoms with Gasteiger partial charge in [0.05, 0.1) is 40.6 Å². The van der Waals surface area contributed by atoms with Gasteiger partial charge in [0.2, 0.25) is 0 Å². The molecule has 1 N–H and O–H groups in total. The summed E-state index contributed by atoms with van der Waals surface area (Å²) in [6.45, 7) is 1.29. The van der Waals surface area contributed by atoms with Crippen molar-refractivity contribution in [2.75, 3.05) is 47.8 Å². The van der Waals surface area contributed by atoms with Crippen molar-refractivity contribution >= 4 is 0 Å². The van der Waals surface area contributed by atoms with Gasteiger partial charge in [0, 0.05) is 7.11 Å². The van der Waals surface area contributed by atoms with Gasteiger partial charge in [-0.2, -0.15) is 0 Å². The number of rotatable bonds is 12. The average Bonchev–Trinajstić information content (AvgIpc) is 3.29. The van der Waals surface area contributed by atoms with Crippen molar-refractivity contribution in [2.24, 2.45) is 0 Å². The summed E-state index contributed by atoms with van der Waals surface area (Å²) in [6.07, 6.45) is -1.79. The van der Waals surface area contributed by atoms with E-state index in [2.05, 4.69) is 0 Å². The molecule has 4 rings (SSSR count). The van der Waals surface area contributed by atoms with E-state index in [1.54, 1.807) is 21.3 Å². The van der Waals surface area contributed by atoms with Crippen LogP contribution in [-0.2, 0) is 24.5 Å². The van der Waals surface area contributed by atoms with Crippen LogP contribution in [0.5, 0.6) is 11.5 Å². The highest BCUT2D eigenvalue weighted by molar-refractivity contribution is 5.49. The van der Waals surface area contributed by atoms with Gasteiger partial charge in [0.1, 0.15) is 35.4 Å². The summed E-state index contributed by atoms with van der Waals surface area (Å²) in [5, 5.41) is 10.9. The van der Waals surface area contributed by atoms with Crippen molar-refractivity contribution in [3.63, 3.8) is 0 Å². The van der Waals surface area contributed by atoms with E-state index in [9.17, 15) is 5.11 Å². The molecule has 1 aliphatic rings. The number of ether oxygens (including phenoxy) is 6. The van der Waals surface area contributed by atoms with Crippen molar-refractivity contribution in [3.05, 3.63) is 95.6 Å². The Labute approximate surface area is 212 Å². The Morgan fingerprint density at radius 2 is 1.33 bits per heavy atom. The van der Waals surface area contributed by atoms with Crippen LogP contribution in [0.15, 0.2) is 78.9 Å². The molecular weight excluding hydrogens is 460 g/mol. The maximum Gasteiger partial charge on any atom is 0.143 e. The van der Waals surface area contributed by atoms with Gasteiger partial charge in [-0.1, -0.05) is 54.6 Å². The molecule has 0 saturated carbocycles. The maximum atomic E-state index is 10.9. The lowest BCUT2D eigenvalue weighted by atomic mass is 9.80. The third-order valence-corrected chi connectivity index (χ3v) is 6.49.